The monoisotopic (exact) mass is 1420 g/mol. The van der Waals surface area contributed by atoms with Gasteiger partial charge in [-0.1, -0.05) is 334 Å². The molecule has 0 N–H and O–H groups in total. The number of phosphoric ester groups is 1. The fourth-order valence-electron chi connectivity index (χ4n) is 9.89. The van der Waals surface area contributed by atoms with Crippen molar-refractivity contribution in [1.82, 2.24) is 0 Å². The number of rotatable bonds is 70. The normalized spacial score (nSPS) is 14.4. The first-order valence-corrected chi connectivity index (χ1v) is 41.2. The number of carbonyl (C=O) groups excluding carboxylic acids is 2. The van der Waals surface area contributed by atoms with Gasteiger partial charge in [-0.15, -0.1) is 0 Å². The van der Waals surface area contributed by atoms with E-state index in [4.69, 9.17) is 18.5 Å². The smallest absolute Gasteiger partial charge is 0.306 e. The maximum absolute atomic E-state index is 12.9. The first-order chi connectivity index (χ1) is 50.0. The van der Waals surface area contributed by atoms with Crippen LogP contribution in [0.25, 0.3) is 0 Å². The molecule has 102 heavy (non-hydrogen) atoms. The summed E-state index contributed by atoms with van der Waals surface area (Å²) in [5.74, 6) is -0.869. The third kappa shape index (κ3) is 82.8. The molecule has 0 aromatic rings. The van der Waals surface area contributed by atoms with Crippen molar-refractivity contribution in [3.8, 4) is 0 Å². The molecule has 0 fully saturated rings. The Morgan fingerprint density at radius 1 is 0.304 bits per heavy atom. The molecule has 0 aromatic heterocycles. The molecular weight excluding hydrogens is 1280 g/mol. The number of quaternary nitrogens is 1. The van der Waals surface area contributed by atoms with Gasteiger partial charge in [0, 0.05) is 12.8 Å². The number of esters is 2. The highest BCUT2D eigenvalue weighted by Crippen LogP contribution is 2.38. The third-order valence-electron chi connectivity index (χ3n) is 15.9. The van der Waals surface area contributed by atoms with Crippen LogP contribution in [0.3, 0.4) is 0 Å². The van der Waals surface area contributed by atoms with Crippen LogP contribution in [0.4, 0.5) is 0 Å². The van der Waals surface area contributed by atoms with Crippen molar-refractivity contribution < 1.29 is 42.1 Å². The fourth-order valence-corrected chi connectivity index (χ4v) is 10.6. The summed E-state index contributed by atoms with van der Waals surface area (Å²) in [4.78, 5) is 38.2. The van der Waals surface area contributed by atoms with E-state index in [1.807, 2.05) is 21.1 Å². The van der Waals surface area contributed by atoms with Crippen LogP contribution in [0.5, 0.6) is 0 Å². The number of phosphoric acid groups is 1. The van der Waals surface area contributed by atoms with Crippen LogP contribution in [0.1, 0.15) is 271 Å². The summed E-state index contributed by atoms with van der Waals surface area (Å²) in [7, 11) is 1.12. The van der Waals surface area contributed by atoms with Gasteiger partial charge >= 0.3 is 11.9 Å². The zero-order chi connectivity index (χ0) is 74.0. The molecule has 2 unspecified atom stereocenters. The number of allylic oxidation sites excluding steroid dienone is 40. The Kier molecular flexibility index (Phi) is 74.1. The van der Waals surface area contributed by atoms with E-state index in [2.05, 4.69) is 257 Å². The maximum Gasteiger partial charge on any atom is 0.306 e. The second-order valence-electron chi connectivity index (χ2n) is 26.6. The molecule has 2 atom stereocenters. The number of nitrogens with zero attached hydrogens (tertiary/aromatic N) is 1. The van der Waals surface area contributed by atoms with Crippen molar-refractivity contribution in [2.45, 2.75) is 277 Å². The Balaban J connectivity index is 4.15. The molecule has 0 heterocycles. The van der Waals surface area contributed by atoms with Crippen LogP contribution in [-0.2, 0) is 32.7 Å². The van der Waals surface area contributed by atoms with Crippen molar-refractivity contribution in [3.63, 3.8) is 0 Å². The molecule has 0 aromatic carbocycles. The lowest BCUT2D eigenvalue weighted by atomic mass is 10.1. The van der Waals surface area contributed by atoms with Gasteiger partial charge in [0.15, 0.2) is 6.10 Å². The lowest BCUT2D eigenvalue weighted by molar-refractivity contribution is -0.870. The molecule has 0 amide bonds. The molecule has 570 valence electrons. The zero-order valence-corrected chi connectivity index (χ0v) is 65.8. The Hall–Kier alpha value is -6.19. The van der Waals surface area contributed by atoms with E-state index >= 15 is 0 Å². The second kappa shape index (κ2) is 78.9. The van der Waals surface area contributed by atoms with Gasteiger partial charge in [0.05, 0.1) is 27.7 Å². The Labute approximate surface area is 625 Å². The molecule has 0 aliphatic carbocycles. The SMILES string of the molecule is CC/C=C\C/C=C\C/C=C\C/C=C\C/C=C\C/C=C\C/C=C\C/C=C\C/C=C\C/C=C\C/C=C\CCCCCCCCCC(=O)OC(COC(=O)CCCCCCCCCCC/C=C\C/C=C\C/C=C\C/C=C\C/C=C\C/C=C\C/C=C\C/C=C\C/C=C\CC)COP(=O)([O-])OCC[N+](C)(C)C. The van der Waals surface area contributed by atoms with E-state index in [-0.39, 0.29) is 26.1 Å². The molecule has 0 aliphatic heterocycles. The van der Waals surface area contributed by atoms with Crippen LogP contribution >= 0.6 is 7.82 Å². The molecule has 0 bridgehead atoms. The van der Waals surface area contributed by atoms with Gasteiger partial charge < -0.3 is 27.9 Å². The average molecular weight is 1420 g/mol. The van der Waals surface area contributed by atoms with E-state index in [9.17, 15) is 19.0 Å². The first kappa shape index (κ1) is 95.8. The van der Waals surface area contributed by atoms with Crippen molar-refractivity contribution in [2.75, 3.05) is 47.5 Å². The van der Waals surface area contributed by atoms with E-state index < -0.39 is 32.5 Å². The van der Waals surface area contributed by atoms with Gasteiger partial charge in [-0.3, -0.25) is 14.2 Å². The summed E-state index contributed by atoms with van der Waals surface area (Å²) in [5.41, 5.74) is 0. The third-order valence-corrected chi connectivity index (χ3v) is 16.8. The highest BCUT2D eigenvalue weighted by atomic mass is 31.2. The predicted molar refractivity (Wildman–Crippen MR) is 442 cm³/mol. The van der Waals surface area contributed by atoms with Crippen LogP contribution in [0.2, 0.25) is 0 Å². The van der Waals surface area contributed by atoms with E-state index in [1.165, 1.54) is 44.9 Å². The van der Waals surface area contributed by atoms with Gasteiger partial charge in [0.25, 0.3) is 7.82 Å². The highest BCUT2D eigenvalue weighted by Gasteiger charge is 2.22. The summed E-state index contributed by atoms with van der Waals surface area (Å²) in [6, 6.07) is 0. The minimum Gasteiger partial charge on any atom is -0.756 e. The summed E-state index contributed by atoms with van der Waals surface area (Å²) in [5, 5.41) is 0. The Morgan fingerprint density at radius 3 is 0.784 bits per heavy atom. The molecule has 0 aliphatic rings. The molecule has 9 nitrogen and oxygen atoms in total. The fraction of sp³-hybridized carbons (Fsp3) is 0.543. The predicted octanol–water partition coefficient (Wildman–Crippen LogP) is 26.4. The van der Waals surface area contributed by atoms with Crippen molar-refractivity contribution in [3.05, 3.63) is 243 Å². The van der Waals surface area contributed by atoms with Gasteiger partial charge in [0.1, 0.15) is 19.8 Å². The zero-order valence-electron chi connectivity index (χ0n) is 64.9. The first-order valence-electron chi connectivity index (χ1n) is 39.7. The molecule has 0 radical (unpaired) electrons. The van der Waals surface area contributed by atoms with Crippen molar-refractivity contribution in [2.24, 2.45) is 0 Å². The standard InChI is InChI=1S/C92H144NO8P/c1-6-8-10-12-14-16-18-20-22-24-26-28-30-32-34-36-38-40-42-44-45-46-47-49-51-53-55-57-59-61-63-65-67-69-71-73-75-77-79-81-83-85-92(95)101-90(89-100-102(96,97)99-87-86-93(3,4)5)88-98-91(94)84-82-80-78-76-74-72-70-68-66-64-62-60-58-56-54-52-50-48-43-41-39-37-35-33-31-29-27-25-23-21-19-17-15-13-11-9-7-2/h8-11,14-17,20-23,26-29,32-35,38-41,44-45,47-50,53-56,59-62,65,67,90H,6-7,12-13,18-19,24-25,30-31,36-37,42-43,46,51-52,57-58,63-64,66,68-89H2,1-5H3/b10-8-,11-9-,16-14-,17-15-,22-20-,23-21-,28-26-,29-27-,34-32-,35-33-,40-38-,41-39-,45-44-,49-47-,50-48-,55-53-,56-54-,61-59-,62-60-,67-65-. The van der Waals surface area contributed by atoms with Gasteiger partial charge in [-0.25, -0.2) is 0 Å². The largest absolute Gasteiger partial charge is 0.756 e. The Bertz CT molecular complexity index is 2630. The maximum atomic E-state index is 12.9. The number of hydrogen-bond donors (Lipinski definition) is 0. The summed E-state index contributed by atoms with van der Waals surface area (Å²) >= 11 is 0. The van der Waals surface area contributed by atoms with Crippen molar-refractivity contribution >= 4 is 19.8 Å². The highest BCUT2D eigenvalue weighted by molar-refractivity contribution is 7.45. The summed E-state index contributed by atoms with van der Waals surface area (Å²) < 4.78 is 34.4. The number of carbonyl (C=O) groups is 2. The number of ether oxygens (including phenoxy) is 2. The van der Waals surface area contributed by atoms with Crippen LogP contribution in [-0.4, -0.2) is 70.0 Å². The molecule has 0 saturated heterocycles. The van der Waals surface area contributed by atoms with Crippen LogP contribution in [0, 0.1) is 0 Å². The topological polar surface area (TPSA) is 111 Å². The molecular formula is C92H144NO8P. The second-order valence-corrected chi connectivity index (χ2v) is 28.0. The van der Waals surface area contributed by atoms with Crippen LogP contribution < -0.4 is 4.89 Å². The lowest BCUT2D eigenvalue weighted by Crippen LogP contribution is -2.37. The number of likely N-dealkylation sites (N-methyl/N-ethyl adjacent to an activating group) is 1. The molecule has 0 saturated carbocycles. The van der Waals surface area contributed by atoms with Gasteiger partial charge in [-0.05, 0) is 167 Å². The van der Waals surface area contributed by atoms with E-state index in [1.54, 1.807) is 0 Å². The van der Waals surface area contributed by atoms with Gasteiger partial charge in [0.2, 0.25) is 0 Å². The summed E-state index contributed by atoms with van der Waals surface area (Å²) in [6.07, 6.45) is 128. The Morgan fingerprint density at radius 2 is 0.529 bits per heavy atom. The molecule has 0 spiro atoms. The van der Waals surface area contributed by atoms with Crippen molar-refractivity contribution in [1.29, 1.82) is 0 Å². The van der Waals surface area contributed by atoms with E-state index in [0.29, 0.717) is 23.9 Å². The van der Waals surface area contributed by atoms with Crippen LogP contribution in [0.15, 0.2) is 243 Å². The lowest BCUT2D eigenvalue weighted by Gasteiger charge is -2.28. The number of hydrogen-bond acceptors (Lipinski definition) is 8. The minimum absolute atomic E-state index is 0.0470. The van der Waals surface area contributed by atoms with E-state index in [0.717, 1.165) is 186 Å². The molecule has 10 heteroatoms. The number of unbranched alkanes of at least 4 members (excludes halogenated alkanes) is 16. The van der Waals surface area contributed by atoms with Gasteiger partial charge in [-0.2, -0.15) is 0 Å². The quantitative estimate of drug-likeness (QED) is 0.0195. The summed E-state index contributed by atoms with van der Waals surface area (Å²) in [6.45, 7) is 3.97. The average Bonchev–Trinajstić information content (AvgIpc) is 0.916. The molecule has 0 rings (SSSR count). The minimum atomic E-state index is -4.67.